The molecular weight excluding hydrogens is 334 g/mol. The number of carboxylic acids is 1. The lowest BCUT2D eigenvalue weighted by Crippen LogP contribution is -2.59. The summed E-state index contributed by atoms with van der Waals surface area (Å²) in [6.07, 6.45) is 1.04. The summed E-state index contributed by atoms with van der Waals surface area (Å²) < 4.78 is 0. The van der Waals surface area contributed by atoms with E-state index >= 15 is 0 Å². The number of carbonyl (C=O) groups excluding carboxylic acids is 2. The molecule has 3 atom stereocenters. The average Bonchev–Trinajstić information content (AvgIpc) is 3.04. The summed E-state index contributed by atoms with van der Waals surface area (Å²) in [5.74, 6) is -1.79. The zero-order chi connectivity index (χ0) is 19.3. The van der Waals surface area contributed by atoms with Crippen molar-refractivity contribution in [3.63, 3.8) is 0 Å². The van der Waals surface area contributed by atoms with Crippen molar-refractivity contribution in [2.75, 3.05) is 13.6 Å². The Hall–Kier alpha value is -2.67. The molecular formula is C19H25N3O4. The fourth-order valence-electron chi connectivity index (χ4n) is 3.22. The molecule has 1 aliphatic heterocycles. The molecule has 0 radical (unpaired) electrons. The van der Waals surface area contributed by atoms with Crippen LogP contribution in [-0.4, -0.2) is 58.5 Å². The molecule has 26 heavy (non-hydrogen) atoms. The lowest BCUT2D eigenvalue weighted by atomic mass is 10.1. The van der Waals surface area contributed by atoms with E-state index < -0.39 is 18.2 Å². The third-order valence-corrected chi connectivity index (χ3v) is 4.53. The number of amides is 2. The van der Waals surface area contributed by atoms with E-state index in [2.05, 4.69) is 11.9 Å². The molecule has 2 N–H and O–H groups in total. The van der Waals surface area contributed by atoms with E-state index in [-0.39, 0.29) is 17.7 Å². The summed E-state index contributed by atoms with van der Waals surface area (Å²) in [6, 6.07) is 8.62. The van der Waals surface area contributed by atoms with Crippen LogP contribution in [0.2, 0.25) is 0 Å². The average molecular weight is 359 g/mol. The van der Waals surface area contributed by atoms with E-state index in [0.29, 0.717) is 19.5 Å². The van der Waals surface area contributed by atoms with Crippen LogP contribution >= 0.6 is 0 Å². The first-order chi connectivity index (χ1) is 12.3. The highest BCUT2D eigenvalue weighted by molar-refractivity contribution is 5.87. The number of hydrogen-bond donors (Lipinski definition) is 2. The van der Waals surface area contributed by atoms with E-state index in [4.69, 9.17) is 0 Å². The minimum absolute atomic E-state index is 0.0420. The van der Waals surface area contributed by atoms with Gasteiger partial charge in [0, 0.05) is 27.1 Å². The molecule has 1 aromatic rings. The quantitative estimate of drug-likeness (QED) is 0.711. The number of carbonyl (C=O) groups is 3. The molecule has 7 nitrogen and oxygen atoms in total. The minimum atomic E-state index is -1.02. The van der Waals surface area contributed by atoms with Crippen molar-refractivity contribution in [1.29, 1.82) is 0 Å². The van der Waals surface area contributed by atoms with Crippen molar-refractivity contribution >= 4 is 17.8 Å². The van der Waals surface area contributed by atoms with Crippen LogP contribution in [0.1, 0.15) is 18.9 Å². The van der Waals surface area contributed by atoms with Crippen LogP contribution in [0.15, 0.2) is 43.0 Å². The Balaban J connectivity index is 2.22. The first-order valence-electron chi connectivity index (χ1n) is 8.50. The van der Waals surface area contributed by atoms with E-state index in [1.54, 1.807) is 18.0 Å². The molecule has 140 valence electrons. The Morgan fingerprint density at radius 3 is 2.58 bits per heavy atom. The lowest BCUT2D eigenvalue weighted by molar-refractivity contribution is -0.148. The van der Waals surface area contributed by atoms with Crippen molar-refractivity contribution < 1.29 is 19.5 Å². The topological polar surface area (TPSA) is 90.0 Å². The molecule has 1 aromatic carbocycles. The van der Waals surface area contributed by atoms with Crippen molar-refractivity contribution in [2.24, 2.45) is 5.92 Å². The number of nitrogens with zero attached hydrogens (tertiary/aromatic N) is 2. The van der Waals surface area contributed by atoms with Gasteiger partial charge >= 0.3 is 5.97 Å². The maximum atomic E-state index is 13.0. The second-order valence-electron chi connectivity index (χ2n) is 6.57. The van der Waals surface area contributed by atoms with Gasteiger partial charge in [0.25, 0.3) is 5.91 Å². The monoisotopic (exact) mass is 359 g/mol. The van der Waals surface area contributed by atoms with Crippen LogP contribution in [0.25, 0.3) is 0 Å². The number of likely N-dealkylation sites (N-methyl/N-ethyl adjacent to an activating group) is 1. The molecule has 0 spiro atoms. The zero-order valence-electron chi connectivity index (χ0n) is 15.1. The number of hydrogen-bond acceptors (Lipinski definition) is 4. The highest BCUT2D eigenvalue weighted by Gasteiger charge is 2.43. The van der Waals surface area contributed by atoms with Gasteiger partial charge in [0.1, 0.15) is 6.04 Å². The molecule has 1 heterocycles. The fourth-order valence-corrected chi connectivity index (χ4v) is 3.22. The largest absolute Gasteiger partial charge is 0.480 e. The Bertz CT molecular complexity index is 677. The number of nitrogens with one attached hydrogen (secondary N) is 1. The molecule has 0 aliphatic carbocycles. The van der Waals surface area contributed by atoms with Crippen molar-refractivity contribution in [3.8, 4) is 0 Å². The van der Waals surface area contributed by atoms with Crippen molar-refractivity contribution in [1.82, 2.24) is 15.1 Å². The van der Waals surface area contributed by atoms with Crippen LogP contribution in [-0.2, 0) is 20.9 Å². The molecule has 0 saturated carbocycles. The fraction of sp³-hybridized carbons (Fsp3) is 0.421. The Kier molecular flexibility index (Phi) is 6.52. The normalized spacial score (nSPS) is 21.0. The van der Waals surface area contributed by atoms with Crippen molar-refractivity contribution in [2.45, 2.75) is 32.1 Å². The molecule has 1 saturated heterocycles. The predicted molar refractivity (Wildman–Crippen MR) is 97.0 cm³/mol. The van der Waals surface area contributed by atoms with E-state index in [1.165, 1.54) is 11.8 Å². The van der Waals surface area contributed by atoms with Crippen LogP contribution in [0, 0.1) is 5.92 Å². The first kappa shape index (κ1) is 19.7. The third kappa shape index (κ3) is 4.70. The van der Waals surface area contributed by atoms with E-state index in [1.807, 2.05) is 30.3 Å². The summed E-state index contributed by atoms with van der Waals surface area (Å²) in [5, 5.41) is 12.1. The van der Waals surface area contributed by atoms with Gasteiger partial charge in [-0.3, -0.25) is 19.3 Å². The van der Waals surface area contributed by atoms with Gasteiger partial charge in [-0.1, -0.05) is 36.4 Å². The van der Waals surface area contributed by atoms with Gasteiger partial charge in [0.15, 0.2) is 6.17 Å². The maximum absolute atomic E-state index is 13.0. The molecule has 7 heteroatoms. The summed E-state index contributed by atoms with van der Waals surface area (Å²) in [4.78, 5) is 39.3. The van der Waals surface area contributed by atoms with Crippen LogP contribution in [0.3, 0.4) is 0 Å². The lowest BCUT2D eigenvalue weighted by Gasteiger charge is -2.33. The number of carboxylic acid groups (broad SMARTS) is 1. The van der Waals surface area contributed by atoms with Gasteiger partial charge < -0.3 is 15.3 Å². The van der Waals surface area contributed by atoms with Gasteiger partial charge in [-0.25, -0.2) is 0 Å². The third-order valence-electron chi connectivity index (χ3n) is 4.53. The maximum Gasteiger partial charge on any atom is 0.321 e. The molecule has 3 unspecified atom stereocenters. The second kappa shape index (κ2) is 8.62. The minimum Gasteiger partial charge on any atom is -0.480 e. The molecule has 2 amide bonds. The van der Waals surface area contributed by atoms with Crippen LogP contribution in [0.4, 0.5) is 0 Å². The summed E-state index contributed by atoms with van der Waals surface area (Å²) >= 11 is 0. The van der Waals surface area contributed by atoms with E-state index in [9.17, 15) is 19.5 Å². The van der Waals surface area contributed by atoms with Gasteiger partial charge in [0.05, 0.1) is 0 Å². The first-order valence-corrected chi connectivity index (χ1v) is 8.50. The molecule has 0 bridgehead atoms. The molecule has 2 rings (SSSR count). The zero-order valence-corrected chi connectivity index (χ0v) is 15.1. The highest BCUT2D eigenvalue weighted by atomic mass is 16.4. The number of likely N-dealkylation sites (tertiary alicyclic amines) is 1. The summed E-state index contributed by atoms with van der Waals surface area (Å²) in [5.41, 5.74) is 0.949. The predicted octanol–water partition coefficient (Wildman–Crippen LogP) is 1.07. The molecule has 0 aromatic heterocycles. The van der Waals surface area contributed by atoms with Crippen LogP contribution in [0.5, 0.6) is 0 Å². The summed E-state index contributed by atoms with van der Waals surface area (Å²) in [6.45, 7) is 5.76. The Morgan fingerprint density at radius 1 is 1.38 bits per heavy atom. The van der Waals surface area contributed by atoms with Crippen molar-refractivity contribution in [3.05, 3.63) is 48.6 Å². The second-order valence-corrected chi connectivity index (χ2v) is 6.57. The van der Waals surface area contributed by atoms with Gasteiger partial charge in [-0.15, -0.1) is 6.58 Å². The molecule has 1 aliphatic rings. The number of aliphatic carboxylic acids is 1. The SMILES string of the molecule is C=CC1CC(C(=O)O)N(C(NC(C)=O)C(=O)N(C)Cc2ccccc2)C1. The standard InChI is InChI=1S/C19H25N3O4/c1-4-14-10-16(19(25)26)22(12-14)17(20-13(2)23)18(24)21(3)11-15-8-6-5-7-9-15/h4-9,14,16-17H,1,10-12H2,2-3H3,(H,20,23)(H,25,26). The molecule has 1 fully saturated rings. The summed E-state index contributed by atoms with van der Waals surface area (Å²) in [7, 11) is 1.64. The number of rotatable bonds is 7. The van der Waals surface area contributed by atoms with Gasteiger partial charge in [0.2, 0.25) is 5.91 Å². The number of benzene rings is 1. The van der Waals surface area contributed by atoms with Crippen LogP contribution < -0.4 is 5.32 Å². The van der Waals surface area contributed by atoms with E-state index in [0.717, 1.165) is 5.56 Å². The highest BCUT2D eigenvalue weighted by Crippen LogP contribution is 2.26. The smallest absolute Gasteiger partial charge is 0.321 e. The Morgan fingerprint density at radius 2 is 2.04 bits per heavy atom. The van der Waals surface area contributed by atoms with Gasteiger partial charge in [-0.2, -0.15) is 0 Å². The Labute approximate surface area is 153 Å². The van der Waals surface area contributed by atoms with Gasteiger partial charge in [-0.05, 0) is 17.9 Å².